The number of hydrogen-bond acceptors (Lipinski definition) is 4. The van der Waals surface area contributed by atoms with E-state index in [2.05, 4.69) is 27.4 Å². The quantitative estimate of drug-likeness (QED) is 0.437. The Balaban J connectivity index is 1.63. The number of fused-ring (bicyclic) bond motifs is 1. The van der Waals surface area contributed by atoms with Crippen molar-refractivity contribution in [3.63, 3.8) is 0 Å². The summed E-state index contributed by atoms with van der Waals surface area (Å²) in [5.74, 6) is -0.164. The third kappa shape index (κ3) is 4.75. The molecule has 0 saturated carbocycles. The van der Waals surface area contributed by atoms with Crippen molar-refractivity contribution in [2.75, 3.05) is 26.0 Å². The molecule has 0 unspecified atom stereocenters. The van der Waals surface area contributed by atoms with E-state index in [1.807, 2.05) is 79.9 Å². The van der Waals surface area contributed by atoms with Gasteiger partial charge in [-0.2, -0.15) is 5.26 Å². The topological polar surface area (TPSA) is 84.8 Å². The molecular weight excluding hydrogens is 398 g/mol. The molecule has 0 aliphatic carbocycles. The third-order valence-corrected chi connectivity index (χ3v) is 5.04. The number of carbonyl (C=O) groups excluding carboxylic acids is 1. The number of likely N-dealkylation sites (N-methyl/N-ethyl adjacent to an activating group) is 1. The van der Waals surface area contributed by atoms with Gasteiger partial charge in [-0.25, -0.2) is 4.98 Å². The summed E-state index contributed by atoms with van der Waals surface area (Å²) in [6.07, 6.45) is 7.09. The van der Waals surface area contributed by atoms with E-state index in [-0.39, 0.29) is 5.91 Å². The van der Waals surface area contributed by atoms with E-state index >= 15 is 0 Å². The predicted molar refractivity (Wildman–Crippen MR) is 128 cm³/mol. The summed E-state index contributed by atoms with van der Waals surface area (Å²) in [7, 11) is 3.90. The highest BCUT2D eigenvalue weighted by atomic mass is 16.1. The Morgan fingerprint density at radius 2 is 1.94 bits per heavy atom. The molecule has 1 amide bonds. The maximum absolute atomic E-state index is 12.2. The van der Waals surface area contributed by atoms with Gasteiger partial charge in [0.1, 0.15) is 5.65 Å². The van der Waals surface area contributed by atoms with Gasteiger partial charge in [0.15, 0.2) is 0 Å². The van der Waals surface area contributed by atoms with Crippen LogP contribution < -0.4 is 5.32 Å². The predicted octanol–water partition coefficient (Wildman–Crippen LogP) is 4.82. The SMILES string of the molecule is CN(C)CC=CC(=O)Nc1cccc(-c2cnc3[nH]cc(-c4cccc(C#N)c4)c3c2)c1. The zero-order chi connectivity index (χ0) is 22.5. The zero-order valence-corrected chi connectivity index (χ0v) is 18.0. The van der Waals surface area contributed by atoms with Crippen LogP contribution in [0.4, 0.5) is 5.69 Å². The van der Waals surface area contributed by atoms with Gasteiger partial charge < -0.3 is 15.2 Å². The Hall–Kier alpha value is -4.21. The van der Waals surface area contributed by atoms with Crippen LogP contribution in [0.1, 0.15) is 5.56 Å². The molecule has 0 radical (unpaired) electrons. The van der Waals surface area contributed by atoms with Gasteiger partial charge in [-0.1, -0.05) is 30.3 Å². The number of benzene rings is 2. The number of rotatable bonds is 6. The molecule has 0 aliphatic heterocycles. The molecular formula is C26H23N5O. The highest BCUT2D eigenvalue weighted by molar-refractivity contribution is 6.00. The van der Waals surface area contributed by atoms with Crippen molar-refractivity contribution < 1.29 is 4.79 Å². The first-order valence-electron chi connectivity index (χ1n) is 10.2. The monoisotopic (exact) mass is 421 g/mol. The molecule has 0 aliphatic rings. The first-order chi connectivity index (χ1) is 15.5. The van der Waals surface area contributed by atoms with Gasteiger partial charge in [-0.05, 0) is 55.6 Å². The highest BCUT2D eigenvalue weighted by Gasteiger charge is 2.10. The lowest BCUT2D eigenvalue weighted by atomic mass is 10.0. The molecule has 2 heterocycles. The summed E-state index contributed by atoms with van der Waals surface area (Å²) in [6, 6.07) is 19.5. The average Bonchev–Trinajstić information content (AvgIpc) is 3.22. The van der Waals surface area contributed by atoms with Gasteiger partial charge in [0.2, 0.25) is 5.91 Å². The second-order valence-corrected chi connectivity index (χ2v) is 7.75. The Bertz CT molecular complexity index is 1340. The van der Waals surface area contributed by atoms with Crippen molar-refractivity contribution in [2.24, 2.45) is 0 Å². The summed E-state index contributed by atoms with van der Waals surface area (Å²) in [4.78, 5) is 21.9. The third-order valence-electron chi connectivity index (χ3n) is 5.04. The number of nitriles is 1. The van der Waals surface area contributed by atoms with Gasteiger partial charge in [-0.15, -0.1) is 0 Å². The van der Waals surface area contributed by atoms with Crippen LogP contribution in [0.15, 0.2) is 79.1 Å². The maximum atomic E-state index is 12.2. The average molecular weight is 422 g/mol. The molecule has 4 aromatic rings. The summed E-state index contributed by atoms with van der Waals surface area (Å²) < 4.78 is 0. The van der Waals surface area contributed by atoms with Crippen LogP contribution in [0, 0.1) is 11.3 Å². The van der Waals surface area contributed by atoms with E-state index in [0.717, 1.165) is 39.0 Å². The number of amides is 1. The van der Waals surface area contributed by atoms with E-state index in [0.29, 0.717) is 12.1 Å². The van der Waals surface area contributed by atoms with Gasteiger partial charge >= 0.3 is 0 Å². The van der Waals surface area contributed by atoms with Crippen LogP contribution in [-0.4, -0.2) is 41.4 Å². The highest BCUT2D eigenvalue weighted by Crippen LogP contribution is 2.32. The lowest BCUT2D eigenvalue weighted by Crippen LogP contribution is -2.12. The van der Waals surface area contributed by atoms with Crippen molar-refractivity contribution in [1.82, 2.24) is 14.9 Å². The molecule has 0 atom stereocenters. The summed E-state index contributed by atoms with van der Waals surface area (Å²) in [5.41, 5.74) is 5.95. The minimum absolute atomic E-state index is 0.164. The fraction of sp³-hybridized carbons (Fsp3) is 0.115. The molecule has 2 aromatic heterocycles. The molecule has 0 saturated heterocycles. The molecule has 6 heteroatoms. The van der Waals surface area contributed by atoms with Crippen LogP contribution in [0.25, 0.3) is 33.3 Å². The van der Waals surface area contributed by atoms with Crippen molar-refractivity contribution in [2.45, 2.75) is 0 Å². The number of carbonyl (C=O) groups is 1. The largest absolute Gasteiger partial charge is 0.346 e. The number of anilines is 1. The number of nitrogens with zero attached hydrogens (tertiary/aromatic N) is 3. The van der Waals surface area contributed by atoms with E-state index in [4.69, 9.17) is 0 Å². The first kappa shape index (κ1) is 21.0. The van der Waals surface area contributed by atoms with Crippen LogP contribution >= 0.6 is 0 Å². The number of aromatic amines is 1. The summed E-state index contributed by atoms with van der Waals surface area (Å²) in [6.45, 7) is 0.704. The van der Waals surface area contributed by atoms with Gasteiger partial charge in [0.05, 0.1) is 11.6 Å². The van der Waals surface area contributed by atoms with Gasteiger partial charge in [0, 0.05) is 47.2 Å². The normalized spacial score (nSPS) is 11.2. The Kier molecular flexibility index (Phi) is 6.11. The van der Waals surface area contributed by atoms with E-state index in [1.165, 1.54) is 0 Å². The standard InChI is InChI=1S/C26H23N5O/c1-31(2)11-5-10-25(32)30-22-9-4-7-19(13-22)21-14-23-24(17-29-26(23)28-16-21)20-8-3-6-18(12-20)15-27/h3-10,12-14,16-17H,11H2,1-2H3,(H,28,29)(H,30,32). The number of hydrogen-bond donors (Lipinski definition) is 2. The Labute approximate surface area is 186 Å². The number of pyridine rings is 1. The van der Waals surface area contributed by atoms with Crippen LogP contribution in [0.5, 0.6) is 0 Å². The summed E-state index contributed by atoms with van der Waals surface area (Å²) >= 11 is 0. The second-order valence-electron chi connectivity index (χ2n) is 7.75. The van der Waals surface area contributed by atoms with Crippen molar-refractivity contribution in [3.8, 4) is 28.3 Å². The van der Waals surface area contributed by atoms with Crippen molar-refractivity contribution >= 4 is 22.6 Å². The van der Waals surface area contributed by atoms with Crippen LogP contribution in [-0.2, 0) is 4.79 Å². The zero-order valence-electron chi connectivity index (χ0n) is 18.0. The molecule has 2 aromatic carbocycles. The molecule has 0 spiro atoms. The molecule has 0 fully saturated rings. The minimum atomic E-state index is -0.164. The Morgan fingerprint density at radius 1 is 1.12 bits per heavy atom. The van der Waals surface area contributed by atoms with Crippen LogP contribution in [0.3, 0.4) is 0 Å². The molecule has 2 N–H and O–H groups in total. The molecule has 6 nitrogen and oxygen atoms in total. The smallest absolute Gasteiger partial charge is 0.248 e. The van der Waals surface area contributed by atoms with Crippen molar-refractivity contribution in [1.29, 1.82) is 5.26 Å². The first-order valence-corrected chi connectivity index (χ1v) is 10.2. The lowest BCUT2D eigenvalue weighted by molar-refractivity contribution is -0.111. The van der Waals surface area contributed by atoms with E-state index in [1.54, 1.807) is 12.1 Å². The molecule has 0 bridgehead atoms. The fourth-order valence-electron chi connectivity index (χ4n) is 3.49. The Morgan fingerprint density at radius 3 is 2.75 bits per heavy atom. The second kappa shape index (κ2) is 9.29. The molecule has 4 rings (SSSR count). The molecule has 32 heavy (non-hydrogen) atoms. The van der Waals surface area contributed by atoms with Crippen LogP contribution in [0.2, 0.25) is 0 Å². The van der Waals surface area contributed by atoms with E-state index < -0.39 is 0 Å². The number of nitrogens with one attached hydrogen (secondary N) is 2. The minimum Gasteiger partial charge on any atom is -0.346 e. The van der Waals surface area contributed by atoms with E-state index in [9.17, 15) is 10.1 Å². The molecule has 158 valence electrons. The maximum Gasteiger partial charge on any atom is 0.248 e. The summed E-state index contributed by atoms with van der Waals surface area (Å²) in [5, 5.41) is 13.1. The lowest BCUT2D eigenvalue weighted by Gasteiger charge is -2.07. The fourth-order valence-corrected chi connectivity index (χ4v) is 3.49. The number of aromatic nitrogens is 2. The van der Waals surface area contributed by atoms with Gasteiger partial charge in [-0.3, -0.25) is 4.79 Å². The van der Waals surface area contributed by atoms with Crippen molar-refractivity contribution in [3.05, 3.63) is 84.7 Å². The van der Waals surface area contributed by atoms with Gasteiger partial charge in [0.25, 0.3) is 0 Å². The number of H-pyrrole nitrogens is 1.